The molecule has 1 aromatic carbocycles. The van der Waals surface area contributed by atoms with E-state index in [2.05, 4.69) is 19.9 Å². The van der Waals surface area contributed by atoms with E-state index in [1.807, 2.05) is 13.0 Å². The summed E-state index contributed by atoms with van der Waals surface area (Å²) in [5.74, 6) is -0.0697. The molecule has 0 fully saturated rings. The van der Waals surface area contributed by atoms with Crippen molar-refractivity contribution in [3.63, 3.8) is 0 Å². The van der Waals surface area contributed by atoms with Gasteiger partial charge < -0.3 is 5.73 Å². The Morgan fingerprint density at radius 1 is 0.923 bits per heavy atom. The average molecular weight is 366 g/mol. The van der Waals surface area contributed by atoms with E-state index >= 15 is 0 Å². The monoisotopic (exact) mass is 365 g/mol. The van der Waals surface area contributed by atoms with Gasteiger partial charge in [-0.3, -0.25) is 4.98 Å². The highest BCUT2D eigenvalue weighted by Gasteiger charge is 2.18. The minimum Gasteiger partial charge on any atom is -0.382 e. The van der Waals surface area contributed by atoms with Gasteiger partial charge in [0.15, 0.2) is 5.82 Å². The Balaban J connectivity index is 2.12. The molecule has 2 N–H and O–H groups in total. The van der Waals surface area contributed by atoms with Gasteiger partial charge in [0.05, 0.1) is 5.69 Å². The first-order chi connectivity index (χ1) is 12.5. The first kappa shape index (κ1) is 16.4. The number of hydrogen-bond acceptors (Lipinski definition) is 5. The van der Waals surface area contributed by atoms with Crippen LogP contribution in [0.15, 0.2) is 48.8 Å². The molecule has 0 spiro atoms. The minimum atomic E-state index is -0.327. The number of nitrogens with two attached hydrogens (primary N) is 1. The van der Waals surface area contributed by atoms with E-state index in [9.17, 15) is 4.39 Å². The molecule has 3 aromatic heterocycles. The van der Waals surface area contributed by atoms with Crippen molar-refractivity contribution in [1.29, 1.82) is 0 Å². The molecule has 128 valence electrons. The molecular formula is C19H13ClFN5. The van der Waals surface area contributed by atoms with E-state index in [4.69, 9.17) is 17.3 Å². The molecule has 0 unspecified atom stereocenters. The van der Waals surface area contributed by atoms with Gasteiger partial charge in [-0.1, -0.05) is 11.6 Å². The summed E-state index contributed by atoms with van der Waals surface area (Å²) < 4.78 is 13.4. The third kappa shape index (κ3) is 2.84. The van der Waals surface area contributed by atoms with Crippen molar-refractivity contribution in [2.75, 3.05) is 5.73 Å². The molecule has 26 heavy (non-hydrogen) atoms. The number of benzene rings is 1. The highest BCUT2D eigenvalue weighted by molar-refractivity contribution is 6.29. The van der Waals surface area contributed by atoms with E-state index in [-0.39, 0.29) is 11.6 Å². The second-order valence-corrected chi connectivity index (χ2v) is 6.19. The Hall–Kier alpha value is -3.12. The van der Waals surface area contributed by atoms with Crippen LogP contribution in [0.2, 0.25) is 5.15 Å². The lowest BCUT2D eigenvalue weighted by Crippen LogP contribution is -2.01. The Bertz CT molecular complexity index is 1110. The summed E-state index contributed by atoms with van der Waals surface area (Å²) in [5, 5.41) is 0.360. The SMILES string of the molecule is Cc1cc(-c2c(-c3ccc(F)cc3)nc(N)c3nccnc23)cc(Cl)n1. The normalized spacial score (nSPS) is 11.0. The van der Waals surface area contributed by atoms with Gasteiger partial charge in [0.2, 0.25) is 0 Å². The third-order valence-corrected chi connectivity index (χ3v) is 4.17. The van der Waals surface area contributed by atoms with Crippen molar-refractivity contribution in [3.8, 4) is 22.4 Å². The van der Waals surface area contributed by atoms with Crippen LogP contribution >= 0.6 is 11.6 Å². The quantitative estimate of drug-likeness (QED) is 0.531. The molecule has 5 nitrogen and oxygen atoms in total. The number of fused-ring (bicyclic) bond motifs is 1. The molecule has 0 amide bonds. The Morgan fingerprint density at radius 2 is 1.62 bits per heavy atom. The number of pyridine rings is 2. The van der Waals surface area contributed by atoms with Gasteiger partial charge in [0.1, 0.15) is 22.0 Å². The number of hydrogen-bond donors (Lipinski definition) is 1. The summed E-state index contributed by atoms with van der Waals surface area (Å²) in [4.78, 5) is 17.5. The lowest BCUT2D eigenvalue weighted by Gasteiger charge is -2.14. The predicted octanol–water partition coefficient (Wildman–Crippen LogP) is 4.44. The molecule has 0 atom stereocenters. The van der Waals surface area contributed by atoms with Crippen LogP contribution < -0.4 is 5.73 Å². The van der Waals surface area contributed by atoms with Crippen molar-refractivity contribution in [3.05, 3.63) is 65.5 Å². The Labute approximate surface area is 153 Å². The number of anilines is 1. The van der Waals surface area contributed by atoms with Gasteiger partial charge in [0.25, 0.3) is 0 Å². The topological polar surface area (TPSA) is 77.6 Å². The van der Waals surface area contributed by atoms with Crippen molar-refractivity contribution in [1.82, 2.24) is 19.9 Å². The summed E-state index contributed by atoms with van der Waals surface area (Å²) in [5.41, 5.74) is 10.8. The van der Waals surface area contributed by atoms with Gasteiger partial charge in [-0.25, -0.2) is 19.3 Å². The zero-order chi connectivity index (χ0) is 18.3. The lowest BCUT2D eigenvalue weighted by atomic mass is 9.97. The molecule has 0 aliphatic carbocycles. The maximum atomic E-state index is 13.4. The molecule has 0 saturated heterocycles. The molecule has 0 aliphatic rings. The largest absolute Gasteiger partial charge is 0.382 e. The van der Waals surface area contributed by atoms with Gasteiger partial charge in [0, 0.05) is 29.2 Å². The minimum absolute atomic E-state index is 0.257. The average Bonchev–Trinajstić information content (AvgIpc) is 2.61. The summed E-state index contributed by atoms with van der Waals surface area (Å²) in [7, 11) is 0. The molecule has 0 bridgehead atoms. The van der Waals surface area contributed by atoms with Crippen LogP contribution in [0.5, 0.6) is 0 Å². The second kappa shape index (κ2) is 6.31. The number of halogens is 2. The third-order valence-electron chi connectivity index (χ3n) is 3.98. The van der Waals surface area contributed by atoms with Gasteiger partial charge >= 0.3 is 0 Å². The van der Waals surface area contributed by atoms with E-state index < -0.39 is 0 Å². The van der Waals surface area contributed by atoms with E-state index in [0.29, 0.717) is 27.4 Å². The van der Waals surface area contributed by atoms with Crippen LogP contribution in [0.1, 0.15) is 5.69 Å². The fraction of sp³-hybridized carbons (Fsp3) is 0.0526. The van der Waals surface area contributed by atoms with Crippen molar-refractivity contribution < 1.29 is 4.39 Å². The van der Waals surface area contributed by atoms with Crippen molar-refractivity contribution >= 4 is 28.5 Å². The predicted molar refractivity (Wildman–Crippen MR) is 100 cm³/mol. The second-order valence-electron chi connectivity index (χ2n) is 5.80. The molecule has 0 saturated carbocycles. The summed E-state index contributed by atoms with van der Waals surface area (Å²) in [6, 6.07) is 9.69. The molecule has 4 rings (SSSR count). The first-order valence-electron chi connectivity index (χ1n) is 7.83. The van der Waals surface area contributed by atoms with E-state index in [1.165, 1.54) is 12.1 Å². The maximum absolute atomic E-state index is 13.4. The van der Waals surface area contributed by atoms with Crippen LogP contribution in [0, 0.1) is 12.7 Å². The molecule has 4 aromatic rings. The molecule has 3 heterocycles. The number of nitrogens with zero attached hydrogens (tertiary/aromatic N) is 4. The van der Waals surface area contributed by atoms with Crippen molar-refractivity contribution in [2.24, 2.45) is 0 Å². The fourth-order valence-electron chi connectivity index (χ4n) is 2.91. The zero-order valence-corrected chi connectivity index (χ0v) is 14.5. The van der Waals surface area contributed by atoms with Gasteiger partial charge in [-0.15, -0.1) is 0 Å². The lowest BCUT2D eigenvalue weighted by molar-refractivity contribution is 0.628. The standard InChI is InChI=1S/C19H13ClFN5/c1-10-8-12(9-14(20)25-10)15-16(11-2-4-13(21)5-3-11)26-19(22)18-17(15)23-6-7-24-18/h2-9H,1H3,(H2,22,26). The zero-order valence-electron chi connectivity index (χ0n) is 13.7. The van der Waals surface area contributed by atoms with Crippen LogP contribution in [0.3, 0.4) is 0 Å². The smallest absolute Gasteiger partial charge is 0.152 e. The van der Waals surface area contributed by atoms with Crippen LogP contribution in [0.25, 0.3) is 33.4 Å². The fourth-order valence-corrected chi connectivity index (χ4v) is 3.16. The number of aryl methyl sites for hydroxylation is 1. The Kier molecular flexibility index (Phi) is 3.97. The molecular weight excluding hydrogens is 353 g/mol. The van der Waals surface area contributed by atoms with Crippen LogP contribution in [-0.4, -0.2) is 19.9 Å². The van der Waals surface area contributed by atoms with Crippen LogP contribution in [-0.2, 0) is 0 Å². The van der Waals surface area contributed by atoms with Crippen molar-refractivity contribution in [2.45, 2.75) is 6.92 Å². The van der Waals surface area contributed by atoms with Gasteiger partial charge in [-0.05, 0) is 48.9 Å². The highest BCUT2D eigenvalue weighted by Crippen LogP contribution is 2.37. The maximum Gasteiger partial charge on any atom is 0.152 e. The highest BCUT2D eigenvalue weighted by atomic mass is 35.5. The Morgan fingerprint density at radius 3 is 2.31 bits per heavy atom. The van der Waals surface area contributed by atoms with Gasteiger partial charge in [-0.2, -0.15) is 0 Å². The van der Waals surface area contributed by atoms with Crippen LogP contribution in [0.4, 0.5) is 10.2 Å². The first-order valence-corrected chi connectivity index (χ1v) is 8.21. The van der Waals surface area contributed by atoms with E-state index in [1.54, 1.807) is 30.6 Å². The molecule has 7 heteroatoms. The summed E-state index contributed by atoms with van der Waals surface area (Å²) in [6.07, 6.45) is 3.15. The van der Waals surface area contributed by atoms with E-state index in [0.717, 1.165) is 16.8 Å². The number of rotatable bonds is 2. The molecule has 0 aliphatic heterocycles. The number of nitrogen functional groups attached to an aromatic ring is 1. The summed E-state index contributed by atoms with van der Waals surface area (Å²) >= 11 is 6.16. The number of aromatic nitrogens is 4. The molecule has 0 radical (unpaired) electrons. The summed E-state index contributed by atoms with van der Waals surface area (Å²) in [6.45, 7) is 1.85.